The van der Waals surface area contributed by atoms with E-state index in [1.54, 1.807) is 0 Å². The number of alkyl halides is 3. The fourth-order valence-electron chi connectivity index (χ4n) is 1.59. The van der Waals surface area contributed by atoms with E-state index in [2.05, 4.69) is 15.3 Å². The van der Waals surface area contributed by atoms with Crippen LogP contribution in [0.4, 0.5) is 23.5 Å². The third-order valence-corrected chi connectivity index (χ3v) is 2.70. The van der Waals surface area contributed by atoms with Crippen LogP contribution in [0.3, 0.4) is 0 Å². The molecule has 2 aromatic rings. The maximum atomic E-state index is 12.7. The Morgan fingerprint density at radius 3 is 2.52 bits per heavy atom. The molecule has 2 rings (SSSR count). The SMILES string of the molecule is OC(CNc1nccc(C(F)(F)F)n1)COc1ccc(F)cc1. The molecule has 0 aliphatic carbocycles. The van der Waals surface area contributed by atoms with Crippen LogP contribution < -0.4 is 10.1 Å². The lowest BCUT2D eigenvalue weighted by Crippen LogP contribution is -2.27. The number of rotatable bonds is 6. The molecule has 0 bridgehead atoms. The summed E-state index contributed by atoms with van der Waals surface area (Å²) in [5.41, 5.74) is -1.08. The minimum Gasteiger partial charge on any atom is -0.491 e. The maximum absolute atomic E-state index is 12.7. The molecule has 23 heavy (non-hydrogen) atoms. The number of aliphatic hydroxyl groups excluding tert-OH is 1. The van der Waals surface area contributed by atoms with Crippen LogP contribution in [0.1, 0.15) is 5.69 Å². The first-order valence-corrected chi connectivity index (χ1v) is 6.55. The van der Waals surface area contributed by atoms with Crippen LogP contribution in [-0.2, 0) is 6.18 Å². The first kappa shape index (κ1) is 16.9. The van der Waals surface area contributed by atoms with Crippen LogP contribution in [0.2, 0.25) is 0 Å². The minimum absolute atomic E-state index is 0.109. The molecule has 1 aromatic heterocycles. The number of aliphatic hydroxyl groups is 1. The number of benzene rings is 1. The van der Waals surface area contributed by atoms with Gasteiger partial charge in [0, 0.05) is 12.7 Å². The molecule has 1 atom stereocenters. The van der Waals surface area contributed by atoms with Gasteiger partial charge in [-0.15, -0.1) is 0 Å². The predicted octanol–water partition coefficient (Wildman–Crippen LogP) is 2.49. The minimum atomic E-state index is -4.57. The molecule has 0 radical (unpaired) electrons. The Bertz CT molecular complexity index is 635. The summed E-state index contributed by atoms with van der Waals surface area (Å²) in [5.74, 6) is -0.303. The molecule has 0 aliphatic rings. The van der Waals surface area contributed by atoms with Gasteiger partial charge in [0.05, 0.1) is 0 Å². The van der Waals surface area contributed by atoms with Gasteiger partial charge in [0.25, 0.3) is 0 Å². The van der Waals surface area contributed by atoms with Gasteiger partial charge in [-0.3, -0.25) is 0 Å². The highest BCUT2D eigenvalue weighted by Crippen LogP contribution is 2.27. The van der Waals surface area contributed by atoms with Crippen molar-refractivity contribution in [2.24, 2.45) is 0 Å². The number of halogens is 4. The molecule has 0 saturated heterocycles. The van der Waals surface area contributed by atoms with E-state index >= 15 is 0 Å². The van der Waals surface area contributed by atoms with Crippen LogP contribution in [0.5, 0.6) is 5.75 Å². The smallest absolute Gasteiger partial charge is 0.433 e. The Balaban J connectivity index is 1.82. The zero-order valence-electron chi connectivity index (χ0n) is 11.7. The number of nitrogens with zero attached hydrogens (tertiary/aromatic N) is 2. The number of anilines is 1. The zero-order valence-corrected chi connectivity index (χ0v) is 11.7. The van der Waals surface area contributed by atoms with Gasteiger partial charge in [-0.1, -0.05) is 0 Å². The molecule has 5 nitrogen and oxygen atoms in total. The van der Waals surface area contributed by atoms with E-state index in [1.807, 2.05) is 0 Å². The van der Waals surface area contributed by atoms with Crippen LogP contribution in [-0.4, -0.2) is 34.3 Å². The summed E-state index contributed by atoms with van der Waals surface area (Å²) in [7, 11) is 0. The lowest BCUT2D eigenvalue weighted by atomic mass is 10.3. The van der Waals surface area contributed by atoms with Crippen molar-refractivity contribution in [1.82, 2.24) is 9.97 Å². The summed E-state index contributed by atoms with van der Waals surface area (Å²) in [4.78, 5) is 6.94. The number of ether oxygens (including phenoxy) is 1. The van der Waals surface area contributed by atoms with E-state index in [0.717, 1.165) is 12.3 Å². The number of hydrogen-bond donors (Lipinski definition) is 2. The third-order valence-electron chi connectivity index (χ3n) is 2.70. The summed E-state index contributed by atoms with van der Waals surface area (Å²) >= 11 is 0. The van der Waals surface area contributed by atoms with Crippen molar-refractivity contribution in [3.8, 4) is 5.75 Å². The van der Waals surface area contributed by atoms with Crippen molar-refractivity contribution < 1.29 is 27.4 Å². The normalized spacial score (nSPS) is 12.7. The summed E-state index contributed by atoms with van der Waals surface area (Å²) in [5, 5.41) is 12.2. The first-order chi connectivity index (χ1) is 10.8. The largest absolute Gasteiger partial charge is 0.491 e. The predicted molar refractivity (Wildman–Crippen MR) is 73.4 cm³/mol. The van der Waals surface area contributed by atoms with E-state index in [9.17, 15) is 22.7 Å². The second-order valence-electron chi connectivity index (χ2n) is 4.56. The quantitative estimate of drug-likeness (QED) is 0.796. The summed E-state index contributed by atoms with van der Waals surface area (Å²) in [6, 6.07) is 5.95. The van der Waals surface area contributed by atoms with E-state index in [1.165, 1.54) is 24.3 Å². The lowest BCUT2D eigenvalue weighted by molar-refractivity contribution is -0.141. The second-order valence-corrected chi connectivity index (χ2v) is 4.56. The molecule has 1 heterocycles. The summed E-state index contributed by atoms with van der Waals surface area (Å²) < 4.78 is 55.4. The van der Waals surface area contributed by atoms with Crippen molar-refractivity contribution in [2.45, 2.75) is 12.3 Å². The molecule has 124 valence electrons. The van der Waals surface area contributed by atoms with Gasteiger partial charge in [-0.2, -0.15) is 13.2 Å². The molecule has 0 saturated carbocycles. The second kappa shape index (κ2) is 7.23. The van der Waals surface area contributed by atoms with Crippen LogP contribution in [0, 0.1) is 5.82 Å². The van der Waals surface area contributed by atoms with Crippen molar-refractivity contribution in [3.63, 3.8) is 0 Å². The molecular formula is C14H13F4N3O2. The Labute approximate surface area is 129 Å². The summed E-state index contributed by atoms with van der Waals surface area (Å²) in [6.07, 6.45) is -4.61. The third kappa shape index (κ3) is 5.37. The lowest BCUT2D eigenvalue weighted by Gasteiger charge is -2.14. The van der Waals surface area contributed by atoms with Crippen LogP contribution in [0.15, 0.2) is 36.5 Å². The standard InChI is InChI=1S/C14H13F4N3O2/c15-9-1-3-11(4-2-9)23-8-10(22)7-20-13-19-6-5-12(21-13)14(16,17)18/h1-6,10,22H,7-8H2,(H,19,20,21). The average molecular weight is 331 g/mol. The monoisotopic (exact) mass is 331 g/mol. The molecule has 1 aromatic carbocycles. The molecule has 0 aliphatic heterocycles. The van der Waals surface area contributed by atoms with Gasteiger partial charge in [0.15, 0.2) is 0 Å². The Hall–Kier alpha value is -2.42. The fraction of sp³-hybridized carbons (Fsp3) is 0.286. The number of nitrogens with one attached hydrogen (secondary N) is 1. The first-order valence-electron chi connectivity index (χ1n) is 6.55. The molecule has 2 N–H and O–H groups in total. The molecule has 9 heteroatoms. The van der Waals surface area contributed by atoms with Crippen LogP contribution >= 0.6 is 0 Å². The molecule has 1 unspecified atom stereocenters. The van der Waals surface area contributed by atoms with Gasteiger partial charge in [-0.05, 0) is 30.3 Å². The van der Waals surface area contributed by atoms with Gasteiger partial charge in [0.1, 0.15) is 30.0 Å². The molecule has 0 spiro atoms. The Morgan fingerprint density at radius 2 is 1.87 bits per heavy atom. The number of aromatic nitrogens is 2. The highest BCUT2D eigenvalue weighted by molar-refractivity contribution is 5.26. The van der Waals surface area contributed by atoms with Gasteiger partial charge in [0.2, 0.25) is 5.95 Å². The van der Waals surface area contributed by atoms with E-state index in [0.29, 0.717) is 5.75 Å². The Morgan fingerprint density at radius 1 is 1.17 bits per heavy atom. The van der Waals surface area contributed by atoms with E-state index in [4.69, 9.17) is 4.74 Å². The highest BCUT2D eigenvalue weighted by Gasteiger charge is 2.32. The Kier molecular flexibility index (Phi) is 5.32. The van der Waals surface area contributed by atoms with Crippen molar-refractivity contribution in [3.05, 3.63) is 48.0 Å². The van der Waals surface area contributed by atoms with Crippen molar-refractivity contribution in [2.75, 3.05) is 18.5 Å². The van der Waals surface area contributed by atoms with E-state index < -0.39 is 23.8 Å². The zero-order chi connectivity index (χ0) is 16.9. The molecule has 0 amide bonds. The highest BCUT2D eigenvalue weighted by atomic mass is 19.4. The molecule has 0 fully saturated rings. The summed E-state index contributed by atoms with van der Waals surface area (Å²) in [6.45, 7) is -0.236. The molecular weight excluding hydrogens is 318 g/mol. The van der Waals surface area contributed by atoms with Gasteiger partial charge >= 0.3 is 6.18 Å². The van der Waals surface area contributed by atoms with Gasteiger partial charge in [-0.25, -0.2) is 14.4 Å². The average Bonchev–Trinajstić information content (AvgIpc) is 2.52. The number of hydrogen-bond acceptors (Lipinski definition) is 5. The topological polar surface area (TPSA) is 67.3 Å². The maximum Gasteiger partial charge on any atom is 0.433 e. The van der Waals surface area contributed by atoms with Crippen molar-refractivity contribution in [1.29, 1.82) is 0 Å². The van der Waals surface area contributed by atoms with E-state index in [-0.39, 0.29) is 19.1 Å². The van der Waals surface area contributed by atoms with Gasteiger partial charge < -0.3 is 15.2 Å². The fourth-order valence-corrected chi connectivity index (χ4v) is 1.59. The van der Waals surface area contributed by atoms with Crippen molar-refractivity contribution >= 4 is 5.95 Å². The van der Waals surface area contributed by atoms with Crippen LogP contribution in [0.25, 0.3) is 0 Å².